The van der Waals surface area contributed by atoms with Gasteiger partial charge in [-0.3, -0.25) is 0 Å². The summed E-state index contributed by atoms with van der Waals surface area (Å²) < 4.78 is 36.9. The van der Waals surface area contributed by atoms with Crippen LogP contribution in [0, 0.1) is 0 Å². The van der Waals surface area contributed by atoms with Crippen LogP contribution in [0.3, 0.4) is 0 Å². The summed E-state index contributed by atoms with van der Waals surface area (Å²) in [5.41, 5.74) is 0.182. The van der Waals surface area contributed by atoms with Gasteiger partial charge in [-0.05, 0) is 25.1 Å². The van der Waals surface area contributed by atoms with Gasteiger partial charge >= 0.3 is 5.97 Å². The van der Waals surface area contributed by atoms with Crippen LogP contribution < -0.4 is 14.8 Å². The highest BCUT2D eigenvalue weighted by atomic mass is 35.5. The van der Waals surface area contributed by atoms with Crippen molar-refractivity contribution < 1.29 is 22.7 Å². The molecule has 1 aromatic rings. The Morgan fingerprint density at radius 2 is 2.09 bits per heavy atom. The Hall–Kier alpha value is -1.35. The van der Waals surface area contributed by atoms with Crippen molar-refractivity contribution >= 4 is 28.4 Å². The number of rotatable bonds is 5. The summed E-state index contributed by atoms with van der Waals surface area (Å²) in [6, 6.07) is 3.93. The molecule has 1 aliphatic rings. The number of hydrogen-bond acceptors (Lipinski definition) is 6. The number of hydrogen-bond donors (Lipinski definition) is 2. The van der Waals surface area contributed by atoms with E-state index in [-0.39, 0.29) is 34.7 Å². The summed E-state index contributed by atoms with van der Waals surface area (Å²) in [5.74, 6) is -0.418. The minimum Gasteiger partial charge on any atom is -0.496 e. The molecule has 1 atom stereocenters. The summed E-state index contributed by atoms with van der Waals surface area (Å²) in [5, 5.41) is 3.09. The van der Waals surface area contributed by atoms with Crippen molar-refractivity contribution in [3.8, 4) is 5.75 Å². The van der Waals surface area contributed by atoms with Crippen molar-refractivity contribution in [2.45, 2.75) is 17.4 Å². The highest BCUT2D eigenvalue weighted by Crippen LogP contribution is 2.24. The molecule has 1 heterocycles. The Balaban J connectivity index is 0.00000242. The lowest BCUT2D eigenvalue weighted by molar-refractivity contribution is 0.0597. The molecule has 0 bridgehead atoms. The smallest absolute Gasteiger partial charge is 0.341 e. The van der Waals surface area contributed by atoms with E-state index in [0.717, 1.165) is 13.0 Å². The van der Waals surface area contributed by atoms with Gasteiger partial charge in [0.1, 0.15) is 11.3 Å². The predicted octanol–water partition coefficient (Wildman–Crippen LogP) is 0.544. The summed E-state index contributed by atoms with van der Waals surface area (Å²) >= 11 is 0. The molecule has 7 nitrogen and oxygen atoms in total. The highest BCUT2D eigenvalue weighted by molar-refractivity contribution is 7.89. The second kappa shape index (κ2) is 7.77. The molecule has 0 spiro atoms. The van der Waals surface area contributed by atoms with Crippen LogP contribution in [-0.2, 0) is 14.8 Å². The van der Waals surface area contributed by atoms with Gasteiger partial charge in [-0.2, -0.15) is 0 Å². The molecule has 22 heavy (non-hydrogen) atoms. The average Bonchev–Trinajstić information content (AvgIpc) is 2.97. The maximum atomic E-state index is 12.3. The van der Waals surface area contributed by atoms with E-state index in [4.69, 9.17) is 4.74 Å². The van der Waals surface area contributed by atoms with E-state index >= 15 is 0 Å². The lowest BCUT2D eigenvalue weighted by Gasteiger charge is -2.13. The molecule has 0 radical (unpaired) electrons. The first-order chi connectivity index (χ1) is 9.97. The Kier molecular flexibility index (Phi) is 6.61. The Morgan fingerprint density at radius 1 is 1.36 bits per heavy atom. The van der Waals surface area contributed by atoms with E-state index in [0.29, 0.717) is 6.54 Å². The predicted molar refractivity (Wildman–Crippen MR) is 83.2 cm³/mol. The molecule has 9 heteroatoms. The molecule has 0 aliphatic carbocycles. The summed E-state index contributed by atoms with van der Waals surface area (Å²) in [4.78, 5) is 11.6. The van der Waals surface area contributed by atoms with Gasteiger partial charge in [-0.25, -0.2) is 17.9 Å². The van der Waals surface area contributed by atoms with Crippen molar-refractivity contribution in [1.82, 2.24) is 10.0 Å². The summed E-state index contributed by atoms with van der Waals surface area (Å²) in [6.07, 6.45) is 0.747. The second-order valence-corrected chi connectivity index (χ2v) is 6.38. The first-order valence-corrected chi connectivity index (χ1v) is 7.95. The van der Waals surface area contributed by atoms with Gasteiger partial charge in [0.25, 0.3) is 0 Å². The molecule has 0 saturated carbocycles. The third-order valence-electron chi connectivity index (χ3n) is 3.27. The molecule has 1 unspecified atom stereocenters. The van der Waals surface area contributed by atoms with E-state index < -0.39 is 16.0 Å². The van der Waals surface area contributed by atoms with Crippen LogP contribution in [0.5, 0.6) is 5.75 Å². The number of esters is 1. The Labute approximate surface area is 135 Å². The maximum absolute atomic E-state index is 12.3. The van der Waals surface area contributed by atoms with Crippen molar-refractivity contribution in [3.63, 3.8) is 0 Å². The SMILES string of the molecule is COC(=O)c1ccc(S(=O)(=O)NC2CCNC2)cc1OC.Cl. The minimum absolute atomic E-state index is 0. The van der Waals surface area contributed by atoms with E-state index in [1.165, 1.54) is 32.4 Å². The highest BCUT2D eigenvalue weighted by Gasteiger charge is 2.24. The number of carbonyl (C=O) groups excluding carboxylic acids is 1. The first-order valence-electron chi connectivity index (χ1n) is 6.47. The zero-order valence-electron chi connectivity index (χ0n) is 12.3. The standard InChI is InChI=1S/C13H18N2O5S.ClH/c1-19-12-7-10(3-4-11(12)13(16)20-2)21(17,18)15-9-5-6-14-8-9;/h3-4,7,9,14-15H,5-6,8H2,1-2H3;1H. The fourth-order valence-electron chi connectivity index (χ4n) is 2.16. The van der Waals surface area contributed by atoms with E-state index in [1.54, 1.807) is 0 Å². The van der Waals surface area contributed by atoms with E-state index in [1.807, 2.05) is 0 Å². The third kappa shape index (κ3) is 4.10. The number of halogens is 1. The number of nitrogens with one attached hydrogen (secondary N) is 2. The van der Waals surface area contributed by atoms with Crippen LogP contribution in [0.15, 0.2) is 23.1 Å². The van der Waals surface area contributed by atoms with Gasteiger partial charge in [-0.15, -0.1) is 12.4 Å². The number of ether oxygens (including phenoxy) is 2. The normalized spacial score (nSPS) is 17.6. The van der Waals surface area contributed by atoms with Crippen LogP contribution in [0.1, 0.15) is 16.8 Å². The van der Waals surface area contributed by atoms with Crippen molar-refractivity contribution in [2.24, 2.45) is 0 Å². The lowest BCUT2D eigenvalue weighted by Crippen LogP contribution is -2.36. The zero-order chi connectivity index (χ0) is 15.5. The van der Waals surface area contributed by atoms with Gasteiger partial charge in [0.15, 0.2) is 0 Å². The Bertz CT molecular complexity index is 629. The van der Waals surface area contributed by atoms with Gasteiger partial charge in [-0.1, -0.05) is 0 Å². The average molecular weight is 351 g/mol. The largest absolute Gasteiger partial charge is 0.496 e. The third-order valence-corrected chi connectivity index (χ3v) is 4.79. The quantitative estimate of drug-likeness (QED) is 0.753. The van der Waals surface area contributed by atoms with Gasteiger partial charge in [0.2, 0.25) is 10.0 Å². The zero-order valence-corrected chi connectivity index (χ0v) is 13.9. The minimum atomic E-state index is -3.65. The molecular formula is C13H19ClN2O5S. The van der Waals surface area contributed by atoms with Crippen LogP contribution in [0.2, 0.25) is 0 Å². The molecule has 1 fully saturated rings. The molecule has 1 saturated heterocycles. The lowest BCUT2D eigenvalue weighted by atomic mass is 10.2. The molecular weight excluding hydrogens is 332 g/mol. The summed E-state index contributed by atoms with van der Waals surface area (Å²) in [6.45, 7) is 1.40. The molecule has 0 amide bonds. The van der Waals surface area contributed by atoms with E-state index in [9.17, 15) is 13.2 Å². The monoisotopic (exact) mass is 350 g/mol. The molecule has 1 aromatic carbocycles. The van der Waals surface area contributed by atoms with Crippen molar-refractivity contribution in [1.29, 1.82) is 0 Å². The topological polar surface area (TPSA) is 93.7 Å². The van der Waals surface area contributed by atoms with Crippen LogP contribution in [-0.4, -0.2) is 47.7 Å². The molecule has 0 aromatic heterocycles. The van der Waals surface area contributed by atoms with Crippen LogP contribution in [0.25, 0.3) is 0 Å². The fourth-order valence-corrected chi connectivity index (χ4v) is 3.45. The van der Waals surface area contributed by atoms with Crippen LogP contribution in [0.4, 0.5) is 0 Å². The Morgan fingerprint density at radius 3 is 2.64 bits per heavy atom. The van der Waals surface area contributed by atoms with Gasteiger partial charge in [0.05, 0.1) is 19.1 Å². The molecule has 124 valence electrons. The molecule has 1 aliphatic heterocycles. The number of methoxy groups -OCH3 is 2. The first kappa shape index (κ1) is 18.7. The van der Waals surface area contributed by atoms with Crippen LogP contribution >= 0.6 is 12.4 Å². The van der Waals surface area contributed by atoms with Crippen molar-refractivity contribution in [3.05, 3.63) is 23.8 Å². The second-order valence-electron chi connectivity index (χ2n) is 4.66. The maximum Gasteiger partial charge on any atom is 0.341 e. The number of sulfonamides is 1. The van der Waals surface area contributed by atoms with E-state index in [2.05, 4.69) is 14.8 Å². The van der Waals surface area contributed by atoms with Crippen molar-refractivity contribution in [2.75, 3.05) is 27.3 Å². The summed E-state index contributed by atoms with van der Waals surface area (Å²) in [7, 11) is -1.03. The fraction of sp³-hybridized carbons (Fsp3) is 0.462. The van der Waals surface area contributed by atoms with Gasteiger partial charge in [0, 0.05) is 18.7 Å². The number of benzene rings is 1. The molecule has 2 N–H and O–H groups in total. The molecule has 2 rings (SSSR count). The van der Waals surface area contributed by atoms with Gasteiger partial charge < -0.3 is 14.8 Å². The number of carbonyl (C=O) groups is 1.